The molecule has 0 aliphatic carbocycles. The molecule has 0 saturated carbocycles. The van der Waals surface area contributed by atoms with Gasteiger partial charge in [0, 0.05) is 26.1 Å². The molecular weight excluding hydrogens is 266 g/mol. The summed E-state index contributed by atoms with van der Waals surface area (Å²) in [7, 11) is 0. The maximum absolute atomic E-state index is 8.78. The number of nitrogens with zero attached hydrogens (tertiary/aromatic N) is 1. The van der Waals surface area contributed by atoms with Crippen LogP contribution in [0.5, 0.6) is 5.75 Å². The van der Waals surface area contributed by atoms with Gasteiger partial charge in [0.25, 0.3) is 0 Å². The first kappa shape index (κ1) is 14.8. The van der Waals surface area contributed by atoms with Crippen molar-refractivity contribution in [2.75, 3.05) is 39.5 Å². The Labute approximate surface area is 126 Å². The van der Waals surface area contributed by atoms with Gasteiger partial charge in [-0.15, -0.1) is 0 Å². The standard InChI is InChI=1S/C17H25NO3/c19-10-12-20-16-4-8-18(9-5-16)7-3-14-1-2-17-15(13-14)6-11-21-17/h1-2,13,16,19H,3-12H2. The number of rotatable bonds is 6. The molecule has 3 rings (SSSR count). The molecule has 4 nitrogen and oxygen atoms in total. The molecule has 0 radical (unpaired) electrons. The lowest BCUT2D eigenvalue weighted by Crippen LogP contribution is -2.38. The summed E-state index contributed by atoms with van der Waals surface area (Å²) in [5, 5.41) is 8.78. The maximum atomic E-state index is 8.78. The molecule has 2 aliphatic heterocycles. The van der Waals surface area contributed by atoms with E-state index in [2.05, 4.69) is 23.1 Å². The summed E-state index contributed by atoms with van der Waals surface area (Å²) in [4.78, 5) is 2.52. The number of fused-ring (bicyclic) bond motifs is 1. The molecular formula is C17H25NO3. The van der Waals surface area contributed by atoms with Crippen LogP contribution < -0.4 is 4.74 Å². The van der Waals surface area contributed by atoms with Crippen molar-refractivity contribution in [3.05, 3.63) is 29.3 Å². The van der Waals surface area contributed by atoms with Gasteiger partial charge < -0.3 is 19.5 Å². The van der Waals surface area contributed by atoms with E-state index in [1.54, 1.807) is 0 Å². The van der Waals surface area contributed by atoms with E-state index in [0.717, 1.165) is 57.7 Å². The van der Waals surface area contributed by atoms with Gasteiger partial charge in [0.15, 0.2) is 0 Å². The highest BCUT2D eigenvalue weighted by Crippen LogP contribution is 2.26. The van der Waals surface area contributed by atoms with Crippen molar-refractivity contribution in [1.82, 2.24) is 4.90 Å². The summed E-state index contributed by atoms with van der Waals surface area (Å²) in [6.45, 7) is 4.75. The van der Waals surface area contributed by atoms with Gasteiger partial charge in [-0.2, -0.15) is 0 Å². The zero-order valence-corrected chi connectivity index (χ0v) is 12.6. The van der Waals surface area contributed by atoms with Crippen LogP contribution in [0.15, 0.2) is 18.2 Å². The Morgan fingerprint density at radius 3 is 2.95 bits per heavy atom. The first-order chi connectivity index (χ1) is 10.3. The van der Waals surface area contributed by atoms with Gasteiger partial charge in [0.05, 0.1) is 25.9 Å². The summed E-state index contributed by atoms with van der Waals surface area (Å²) in [6.07, 6.45) is 4.66. The molecule has 1 aromatic carbocycles. The van der Waals surface area contributed by atoms with Crippen molar-refractivity contribution in [3.63, 3.8) is 0 Å². The third-order valence-electron chi connectivity index (χ3n) is 4.45. The summed E-state index contributed by atoms with van der Waals surface area (Å²) in [5.41, 5.74) is 2.78. The van der Waals surface area contributed by atoms with E-state index >= 15 is 0 Å². The van der Waals surface area contributed by atoms with Crippen LogP contribution in [0.2, 0.25) is 0 Å². The van der Waals surface area contributed by atoms with Crippen LogP contribution in [0.1, 0.15) is 24.0 Å². The first-order valence-electron chi connectivity index (χ1n) is 8.04. The van der Waals surface area contributed by atoms with Gasteiger partial charge >= 0.3 is 0 Å². The van der Waals surface area contributed by atoms with E-state index in [1.165, 1.54) is 11.1 Å². The molecule has 0 bridgehead atoms. The average Bonchev–Trinajstić information content (AvgIpc) is 2.99. The molecule has 21 heavy (non-hydrogen) atoms. The Kier molecular flexibility index (Phi) is 5.12. The highest BCUT2D eigenvalue weighted by Gasteiger charge is 2.19. The van der Waals surface area contributed by atoms with Crippen molar-refractivity contribution < 1.29 is 14.6 Å². The lowest BCUT2D eigenvalue weighted by atomic mass is 10.0. The van der Waals surface area contributed by atoms with Crippen LogP contribution in [-0.4, -0.2) is 55.6 Å². The zero-order valence-electron chi connectivity index (χ0n) is 12.6. The van der Waals surface area contributed by atoms with Crippen LogP contribution >= 0.6 is 0 Å². The third kappa shape index (κ3) is 3.96. The summed E-state index contributed by atoms with van der Waals surface area (Å²) < 4.78 is 11.2. The van der Waals surface area contributed by atoms with Crippen LogP contribution in [0, 0.1) is 0 Å². The number of piperidine rings is 1. The van der Waals surface area contributed by atoms with E-state index in [-0.39, 0.29) is 6.61 Å². The van der Waals surface area contributed by atoms with E-state index in [1.807, 2.05) is 0 Å². The minimum absolute atomic E-state index is 0.127. The zero-order chi connectivity index (χ0) is 14.5. The average molecular weight is 291 g/mol. The van der Waals surface area contributed by atoms with Crippen LogP contribution in [0.4, 0.5) is 0 Å². The Morgan fingerprint density at radius 2 is 2.14 bits per heavy atom. The van der Waals surface area contributed by atoms with Crippen LogP contribution in [0.25, 0.3) is 0 Å². The Balaban J connectivity index is 1.42. The highest BCUT2D eigenvalue weighted by molar-refractivity contribution is 5.39. The number of aliphatic hydroxyl groups excluding tert-OH is 1. The first-order valence-corrected chi connectivity index (χ1v) is 8.04. The predicted octanol–water partition coefficient (Wildman–Crippen LogP) is 1.64. The molecule has 4 heteroatoms. The molecule has 1 saturated heterocycles. The number of hydrogen-bond donors (Lipinski definition) is 1. The van der Waals surface area contributed by atoms with Gasteiger partial charge in [0.2, 0.25) is 0 Å². The predicted molar refractivity (Wildman–Crippen MR) is 81.8 cm³/mol. The van der Waals surface area contributed by atoms with E-state index < -0.39 is 0 Å². The largest absolute Gasteiger partial charge is 0.493 e. The second kappa shape index (κ2) is 7.25. The SMILES string of the molecule is OCCOC1CCN(CCc2ccc3c(c2)CCO3)CC1. The van der Waals surface area contributed by atoms with Crippen molar-refractivity contribution in [1.29, 1.82) is 0 Å². The normalized spacial score (nSPS) is 19.5. The molecule has 116 valence electrons. The molecule has 1 aromatic rings. The molecule has 0 aromatic heterocycles. The number of ether oxygens (including phenoxy) is 2. The van der Waals surface area contributed by atoms with E-state index in [4.69, 9.17) is 14.6 Å². The molecule has 2 aliphatic rings. The number of benzene rings is 1. The van der Waals surface area contributed by atoms with Crippen molar-refractivity contribution in [2.24, 2.45) is 0 Å². The van der Waals surface area contributed by atoms with Crippen LogP contribution in [-0.2, 0) is 17.6 Å². The van der Waals surface area contributed by atoms with Gasteiger partial charge in [-0.3, -0.25) is 0 Å². The van der Waals surface area contributed by atoms with Crippen LogP contribution in [0.3, 0.4) is 0 Å². The van der Waals surface area contributed by atoms with Crippen molar-refractivity contribution >= 4 is 0 Å². The summed E-state index contributed by atoms with van der Waals surface area (Å²) in [5.74, 6) is 1.07. The number of hydrogen-bond acceptors (Lipinski definition) is 4. The second-order valence-electron chi connectivity index (χ2n) is 5.93. The smallest absolute Gasteiger partial charge is 0.122 e. The van der Waals surface area contributed by atoms with Gasteiger partial charge in [-0.25, -0.2) is 0 Å². The molecule has 0 amide bonds. The van der Waals surface area contributed by atoms with Gasteiger partial charge in [0.1, 0.15) is 5.75 Å². The molecule has 0 unspecified atom stereocenters. The van der Waals surface area contributed by atoms with Gasteiger partial charge in [-0.1, -0.05) is 12.1 Å². The summed E-state index contributed by atoms with van der Waals surface area (Å²) in [6, 6.07) is 6.62. The number of aliphatic hydroxyl groups is 1. The third-order valence-corrected chi connectivity index (χ3v) is 4.45. The van der Waals surface area contributed by atoms with Crippen molar-refractivity contribution in [3.8, 4) is 5.75 Å². The quantitative estimate of drug-likeness (QED) is 0.865. The molecule has 0 spiro atoms. The summed E-state index contributed by atoms with van der Waals surface area (Å²) >= 11 is 0. The minimum Gasteiger partial charge on any atom is -0.493 e. The highest BCUT2D eigenvalue weighted by atomic mass is 16.5. The molecule has 1 N–H and O–H groups in total. The fraction of sp³-hybridized carbons (Fsp3) is 0.647. The Bertz CT molecular complexity index is 455. The van der Waals surface area contributed by atoms with Gasteiger partial charge in [-0.05, 0) is 36.5 Å². The fourth-order valence-corrected chi connectivity index (χ4v) is 3.20. The lowest BCUT2D eigenvalue weighted by Gasteiger charge is -2.31. The molecule has 0 atom stereocenters. The topological polar surface area (TPSA) is 41.9 Å². The molecule has 1 fully saturated rings. The minimum atomic E-state index is 0.127. The second-order valence-corrected chi connectivity index (χ2v) is 5.93. The lowest BCUT2D eigenvalue weighted by molar-refractivity contribution is -0.00748. The monoisotopic (exact) mass is 291 g/mol. The Morgan fingerprint density at radius 1 is 1.29 bits per heavy atom. The molecule has 2 heterocycles. The Hall–Kier alpha value is -1.10. The fourth-order valence-electron chi connectivity index (χ4n) is 3.20. The number of likely N-dealkylation sites (tertiary alicyclic amines) is 1. The van der Waals surface area contributed by atoms with E-state index in [0.29, 0.717) is 12.7 Å². The van der Waals surface area contributed by atoms with E-state index in [9.17, 15) is 0 Å². The van der Waals surface area contributed by atoms with Crippen molar-refractivity contribution in [2.45, 2.75) is 31.8 Å². The maximum Gasteiger partial charge on any atom is 0.122 e.